The van der Waals surface area contributed by atoms with Gasteiger partial charge in [0, 0.05) is 37.5 Å². The minimum Gasteiger partial charge on any atom is -0.390 e. The van der Waals surface area contributed by atoms with Crippen molar-refractivity contribution >= 4 is 27.2 Å². The molecule has 1 aliphatic heterocycles. The average Bonchev–Trinajstić information content (AvgIpc) is 2.73. The molecule has 0 saturated carbocycles. The molecular formula is C23H33N4OS+. The van der Waals surface area contributed by atoms with Crippen molar-refractivity contribution in [3.05, 3.63) is 41.8 Å². The zero-order valence-electron chi connectivity index (χ0n) is 18.2. The molecule has 1 aromatic carbocycles. The Morgan fingerprint density at radius 2 is 1.76 bits per heavy atom. The second-order valence-electron chi connectivity index (χ2n) is 7.59. The molecule has 1 N–H and O–H groups in total. The molecular weight excluding hydrogens is 380 g/mol. The molecule has 156 valence electrons. The summed E-state index contributed by atoms with van der Waals surface area (Å²) in [6, 6.07) is 12.8. The van der Waals surface area contributed by atoms with Crippen molar-refractivity contribution < 1.29 is 5.11 Å². The molecule has 3 rings (SSSR count). The van der Waals surface area contributed by atoms with E-state index in [1.165, 1.54) is 14.9 Å². The summed E-state index contributed by atoms with van der Waals surface area (Å²) in [5.74, 6) is 0. The third-order valence-electron chi connectivity index (χ3n) is 5.41. The van der Waals surface area contributed by atoms with E-state index in [1.54, 1.807) is 11.3 Å². The van der Waals surface area contributed by atoms with Crippen LogP contribution in [0.15, 0.2) is 36.4 Å². The van der Waals surface area contributed by atoms with Crippen LogP contribution in [0.3, 0.4) is 0 Å². The minimum absolute atomic E-state index is 0.369. The highest BCUT2D eigenvalue weighted by Gasteiger charge is 2.15. The van der Waals surface area contributed by atoms with Crippen LogP contribution in [0.2, 0.25) is 0 Å². The highest BCUT2D eigenvalue weighted by Crippen LogP contribution is 2.31. The van der Waals surface area contributed by atoms with Crippen molar-refractivity contribution in [2.75, 3.05) is 51.7 Å². The zero-order chi connectivity index (χ0) is 21.0. The molecule has 6 heteroatoms. The van der Waals surface area contributed by atoms with Gasteiger partial charge in [-0.15, -0.1) is 11.3 Å². The van der Waals surface area contributed by atoms with Crippen LogP contribution in [-0.2, 0) is 0 Å². The Kier molecular flexibility index (Phi) is 7.22. The van der Waals surface area contributed by atoms with Gasteiger partial charge in [0.25, 0.3) is 0 Å². The quantitative estimate of drug-likeness (QED) is 0.455. The second kappa shape index (κ2) is 9.65. The van der Waals surface area contributed by atoms with Gasteiger partial charge in [-0.1, -0.05) is 13.8 Å². The Morgan fingerprint density at radius 3 is 2.41 bits per heavy atom. The summed E-state index contributed by atoms with van der Waals surface area (Å²) in [5.41, 5.74) is 3.19. The SMILES string of the molecule is CCN(CC)CC(O)CN(CC)c1ccc2nc3ccc(=[N+](C)C)cc-3sc2c1. The van der Waals surface area contributed by atoms with Crippen LogP contribution in [0.25, 0.3) is 20.8 Å². The monoisotopic (exact) mass is 413 g/mol. The fourth-order valence-corrected chi connectivity index (χ4v) is 4.62. The number of hydrogen-bond donors (Lipinski definition) is 1. The maximum absolute atomic E-state index is 10.6. The van der Waals surface area contributed by atoms with E-state index in [-0.39, 0.29) is 6.10 Å². The molecule has 0 amide bonds. The summed E-state index contributed by atoms with van der Waals surface area (Å²) in [7, 11) is 4.11. The Balaban J connectivity index is 1.91. The Morgan fingerprint density at radius 1 is 1.00 bits per heavy atom. The Hall–Kier alpha value is -2.02. The topological polar surface area (TPSA) is 42.6 Å². The molecule has 1 heterocycles. The van der Waals surface area contributed by atoms with E-state index in [2.05, 4.69) is 85.6 Å². The maximum atomic E-state index is 10.6. The van der Waals surface area contributed by atoms with E-state index < -0.39 is 0 Å². The predicted molar refractivity (Wildman–Crippen MR) is 125 cm³/mol. The number of aromatic nitrogens is 1. The number of rotatable bonds is 8. The molecule has 0 aromatic heterocycles. The first-order valence-corrected chi connectivity index (χ1v) is 11.3. The lowest BCUT2D eigenvalue weighted by atomic mass is 10.2. The molecule has 1 aliphatic carbocycles. The molecule has 0 saturated heterocycles. The van der Waals surface area contributed by atoms with Gasteiger partial charge in [-0.2, -0.15) is 0 Å². The molecule has 1 aromatic rings. The lowest BCUT2D eigenvalue weighted by molar-refractivity contribution is 0.123. The number of aliphatic hydroxyl groups excluding tert-OH is 1. The first-order chi connectivity index (χ1) is 13.9. The molecule has 0 bridgehead atoms. The molecule has 0 spiro atoms. The van der Waals surface area contributed by atoms with Crippen molar-refractivity contribution in [2.24, 2.45) is 0 Å². The second-order valence-corrected chi connectivity index (χ2v) is 8.67. The third kappa shape index (κ3) is 5.13. The molecule has 5 nitrogen and oxygen atoms in total. The van der Waals surface area contributed by atoms with Gasteiger partial charge >= 0.3 is 0 Å². The number of nitrogens with zero attached hydrogens (tertiary/aromatic N) is 4. The third-order valence-corrected chi connectivity index (χ3v) is 6.50. The van der Waals surface area contributed by atoms with Gasteiger partial charge < -0.3 is 14.9 Å². The average molecular weight is 414 g/mol. The van der Waals surface area contributed by atoms with E-state index >= 15 is 0 Å². The van der Waals surface area contributed by atoms with Crippen LogP contribution in [-0.4, -0.2) is 67.9 Å². The Labute approximate surface area is 177 Å². The van der Waals surface area contributed by atoms with Crippen molar-refractivity contribution in [3.8, 4) is 10.6 Å². The number of hydrogen-bond acceptors (Lipinski definition) is 5. The summed E-state index contributed by atoms with van der Waals surface area (Å²) in [6.07, 6.45) is -0.369. The summed E-state index contributed by atoms with van der Waals surface area (Å²) in [4.78, 5) is 10.5. The lowest BCUT2D eigenvalue weighted by Crippen LogP contribution is -2.40. The highest BCUT2D eigenvalue weighted by atomic mass is 32.1. The number of fused-ring (bicyclic) bond motifs is 2. The van der Waals surface area contributed by atoms with Crippen LogP contribution >= 0.6 is 11.3 Å². The minimum atomic E-state index is -0.369. The van der Waals surface area contributed by atoms with Crippen LogP contribution in [0.1, 0.15) is 20.8 Å². The molecule has 1 atom stereocenters. The van der Waals surface area contributed by atoms with E-state index in [0.717, 1.165) is 36.5 Å². The van der Waals surface area contributed by atoms with Gasteiger partial charge in [-0.25, -0.2) is 9.56 Å². The summed E-state index contributed by atoms with van der Waals surface area (Å²) < 4.78 is 3.28. The summed E-state index contributed by atoms with van der Waals surface area (Å²) >= 11 is 1.78. The van der Waals surface area contributed by atoms with E-state index in [1.807, 2.05) is 0 Å². The molecule has 0 radical (unpaired) electrons. The van der Waals surface area contributed by atoms with Crippen molar-refractivity contribution in [1.29, 1.82) is 0 Å². The molecule has 2 aliphatic rings. The zero-order valence-corrected chi connectivity index (χ0v) is 19.0. The van der Waals surface area contributed by atoms with E-state index in [4.69, 9.17) is 4.98 Å². The lowest BCUT2D eigenvalue weighted by Gasteiger charge is -2.29. The van der Waals surface area contributed by atoms with Crippen molar-refractivity contribution in [3.63, 3.8) is 0 Å². The smallest absolute Gasteiger partial charge is 0.201 e. The van der Waals surface area contributed by atoms with E-state index in [0.29, 0.717) is 13.1 Å². The van der Waals surface area contributed by atoms with Crippen molar-refractivity contribution in [1.82, 2.24) is 14.5 Å². The van der Waals surface area contributed by atoms with Crippen molar-refractivity contribution in [2.45, 2.75) is 26.9 Å². The first-order valence-electron chi connectivity index (χ1n) is 10.5. The van der Waals surface area contributed by atoms with Gasteiger partial charge in [0.15, 0.2) is 0 Å². The highest BCUT2D eigenvalue weighted by molar-refractivity contribution is 7.21. The largest absolute Gasteiger partial charge is 0.390 e. The normalized spacial score (nSPS) is 12.7. The van der Waals surface area contributed by atoms with Gasteiger partial charge in [0.05, 0.1) is 26.9 Å². The number of anilines is 1. The summed E-state index contributed by atoms with van der Waals surface area (Å²) in [5, 5.41) is 11.8. The fourth-order valence-electron chi connectivity index (χ4n) is 3.59. The maximum Gasteiger partial charge on any atom is 0.201 e. The van der Waals surface area contributed by atoms with Gasteiger partial charge in [-0.05, 0) is 44.3 Å². The van der Waals surface area contributed by atoms with E-state index in [9.17, 15) is 5.11 Å². The van der Waals surface area contributed by atoms with Gasteiger partial charge in [0.2, 0.25) is 5.36 Å². The Bertz CT molecular complexity index is 992. The molecule has 29 heavy (non-hydrogen) atoms. The van der Waals surface area contributed by atoms with Crippen LogP contribution in [0, 0.1) is 0 Å². The van der Waals surface area contributed by atoms with Crippen LogP contribution in [0.4, 0.5) is 5.69 Å². The standard InChI is InChI=1S/C23H33N4OS/c1-6-26(7-2)15-19(28)16-27(8-3)18-10-12-21-23(14-18)29-22-13-17(25(4)5)9-11-20(22)24-21/h9-14,19,28H,6-8,15-16H2,1-5H3/q+1. The first kappa shape index (κ1) is 21.7. The number of aliphatic hydroxyl groups is 1. The fraction of sp³-hybridized carbons (Fsp3) is 0.478. The number of likely N-dealkylation sites (N-methyl/N-ethyl adjacent to an activating group) is 2. The molecule has 1 unspecified atom stereocenters. The van der Waals surface area contributed by atoms with Crippen LogP contribution < -0.4 is 14.8 Å². The predicted octanol–water partition coefficient (Wildman–Crippen LogP) is 2.96. The molecule has 0 fully saturated rings. The van der Waals surface area contributed by atoms with Crippen LogP contribution in [0.5, 0.6) is 0 Å². The van der Waals surface area contributed by atoms with Gasteiger partial charge in [-0.3, -0.25) is 0 Å². The summed E-state index contributed by atoms with van der Waals surface area (Å²) in [6.45, 7) is 10.5. The number of benzene rings is 2. The van der Waals surface area contributed by atoms with Gasteiger partial charge in [0.1, 0.15) is 14.1 Å².